The fourth-order valence-electron chi connectivity index (χ4n) is 6.76. The van der Waals surface area contributed by atoms with Gasteiger partial charge in [0.05, 0.1) is 11.7 Å². The number of rotatable bonds is 11. The predicted molar refractivity (Wildman–Crippen MR) is 187 cm³/mol. The largest absolute Gasteiger partial charge is 0.465 e. The molecular weight excluding hydrogens is 638 g/mol. The normalized spacial score (nSPS) is 19.3. The number of nitrogens with one attached hydrogen (secondary N) is 6. The highest BCUT2D eigenvalue weighted by atomic mass is 16.4. The van der Waals surface area contributed by atoms with Crippen molar-refractivity contribution in [3.63, 3.8) is 0 Å². The SMILES string of the molecule is Cc1cc(C(=O)N[C@@H]2CCNC2=O)ccc1-c1ccc(C[C@H](NC(=O)[C@H]2CC[C@H](CNC(=O)O)CC2)C(=O)Nc2ccc3cn[nH]c3c2)cc1. The Kier molecular flexibility index (Phi) is 10.4. The van der Waals surface area contributed by atoms with E-state index in [1.165, 1.54) is 0 Å². The maximum absolute atomic E-state index is 13.7. The molecule has 13 heteroatoms. The summed E-state index contributed by atoms with van der Waals surface area (Å²) in [5.41, 5.74) is 5.45. The van der Waals surface area contributed by atoms with Crippen molar-refractivity contribution in [3.05, 3.63) is 83.6 Å². The van der Waals surface area contributed by atoms with Crippen molar-refractivity contribution in [1.29, 1.82) is 0 Å². The van der Waals surface area contributed by atoms with Gasteiger partial charge in [-0.15, -0.1) is 0 Å². The summed E-state index contributed by atoms with van der Waals surface area (Å²) >= 11 is 0. The molecule has 2 atom stereocenters. The maximum atomic E-state index is 13.7. The summed E-state index contributed by atoms with van der Waals surface area (Å²) in [6, 6.07) is 17.3. The van der Waals surface area contributed by atoms with Crippen molar-refractivity contribution in [3.8, 4) is 11.1 Å². The Hall–Kier alpha value is -5.72. The number of carbonyl (C=O) groups excluding carboxylic acids is 4. The molecule has 7 N–H and O–H groups in total. The average molecular weight is 680 g/mol. The Morgan fingerprint density at radius 2 is 1.74 bits per heavy atom. The molecule has 0 unspecified atom stereocenters. The lowest BCUT2D eigenvalue weighted by Gasteiger charge is -2.29. The van der Waals surface area contributed by atoms with E-state index in [0.29, 0.717) is 43.6 Å². The van der Waals surface area contributed by atoms with E-state index in [2.05, 4.69) is 36.8 Å². The minimum atomic E-state index is -1.05. The highest BCUT2D eigenvalue weighted by molar-refractivity contribution is 6.00. The van der Waals surface area contributed by atoms with Crippen LogP contribution >= 0.6 is 0 Å². The van der Waals surface area contributed by atoms with Crippen molar-refractivity contribution in [2.24, 2.45) is 11.8 Å². The number of aromatic nitrogens is 2. The third-order valence-electron chi connectivity index (χ3n) is 9.65. The Morgan fingerprint density at radius 1 is 0.960 bits per heavy atom. The Balaban J connectivity index is 1.13. The van der Waals surface area contributed by atoms with E-state index < -0.39 is 18.2 Å². The number of aryl methyl sites for hydroxylation is 1. The molecule has 13 nitrogen and oxygen atoms in total. The molecule has 1 aliphatic carbocycles. The van der Waals surface area contributed by atoms with Crippen LogP contribution in [-0.4, -0.2) is 70.2 Å². The lowest BCUT2D eigenvalue weighted by Crippen LogP contribution is -2.48. The third-order valence-corrected chi connectivity index (χ3v) is 9.65. The van der Waals surface area contributed by atoms with E-state index in [-0.39, 0.29) is 41.9 Å². The Bertz CT molecular complexity index is 1900. The maximum Gasteiger partial charge on any atom is 0.404 e. The van der Waals surface area contributed by atoms with Gasteiger partial charge in [0.15, 0.2) is 0 Å². The van der Waals surface area contributed by atoms with Crippen molar-refractivity contribution in [1.82, 2.24) is 31.5 Å². The second kappa shape index (κ2) is 15.2. The second-order valence-electron chi connectivity index (χ2n) is 13.2. The summed E-state index contributed by atoms with van der Waals surface area (Å²) in [6.45, 7) is 2.84. The van der Waals surface area contributed by atoms with Gasteiger partial charge in [-0.3, -0.25) is 24.3 Å². The van der Waals surface area contributed by atoms with Crippen LogP contribution in [0, 0.1) is 18.8 Å². The van der Waals surface area contributed by atoms with Crippen LogP contribution in [0.15, 0.2) is 66.9 Å². The van der Waals surface area contributed by atoms with Gasteiger partial charge in [-0.25, -0.2) is 4.79 Å². The van der Waals surface area contributed by atoms with Crippen LogP contribution in [0.2, 0.25) is 0 Å². The number of carbonyl (C=O) groups is 5. The zero-order valence-electron chi connectivity index (χ0n) is 27.8. The first-order chi connectivity index (χ1) is 24.1. The minimum absolute atomic E-state index is 0.170. The number of benzene rings is 3. The topological polar surface area (TPSA) is 194 Å². The van der Waals surface area contributed by atoms with Crippen LogP contribution in [0.4, 0.5) is 10.5 Å². The molecule has 0 spiro atoms. The molecular formula is C37H41N7O6. The highest BCUT2D eigenvalue weighted by Gasteiger charge is 2.30. The Morgan fingerprint density at radius 3 is 2.44 bits per heavy atom. The lowest BCUT2D eigenvalue weighted by atomic mass is 9.81. The molecule has 3 aromatic carbocycles. The van der Waals surface area contributed by atoms with Gasteiger partial charge >= 0.3 is 6.09 Å². The van der Waals surface area contributed by atoms with Gasteiger partial charge in [0, 0.05) is 42.1 Å². The van der Waals surface area contributed by atoms with Gasteiger partial charge in [0.2, 0.25) is 17.7 Å². The number of hydrogen-bond acceptors (Lipinski definition) is 6. The predicted octanol–water partition coefficient (Wildman–Crippen LogP) is 3.90. The van der Waals surface area contributed by atoms with Crippen LogP contribution < -0.4 is 26.6 Å². The zero-order chi connectivity index (χ0) is 35.2. The number of H-pyrrole nitrogens is 1. The van der Waals surface area contributed by atoms with Crippen LogP contribution in [0.5, 0.6) is 0 Å². The molecule has 5 amide bonds. The van der Waals surface area contributed by atoms with E-state index in [4.69, 9.17) is 5.11 Å². The first kappa shape index (κ1) is 34.2. The molecule has 1 aliphatic heterocycles. The summed E-state index contributed by atoms with van der Waals surface area (Å²) in [6.07, 6.45) is 4.16. The highest BCUT2D eigenvalue weighted by Crippen LogP contribution is 2.29. The van der Waals surface area contributed by atoms with Crippen LogP contribution in [0.25, 0.3) is 22.0 Å². The molecule has 6 rings (SSSR count). The van der Waals surface area contributed by atoms with Crippen molar-refractivity contribution >= 4 is 46.3 Å². The van der Waals surface area contributed by atoms with E-state index in [0.717, 1.165) is 46.0 Å². The standard InChI is InChI=1S/C37H41N7O6/c1-21-16-26(34(46)42-30-14-15-38-35(30)47)11-13-29(21)24-6-2-22(3-7-24)17-32(36(48)41-28-12-10-27-20-40-44-31(27)18-28)43-33(45)25-8-4-23(5-9-25)19-39-37(49)50/h2-3,6-7,10-13,16,18,20,23,25,30,32,39H,4-5,8-9,14-15,17,19H2,1H3,(H,38,47)(H,40,44)(H,41,48)(H,42,46)(H,43,45)(H,49,50)/t23-,25-,30-,32+/m1/s1. The van der Waals surface area contributed by atoms with Gasteiger partial charge in [-0.1, -0.05) is 30.3 Å². The van der Waals surface area contributed by atoms with E-state index in [9.17, 15) is 24.0 Å². The summed E-state index contributed by atoms with van der Waals surface area (Å²) in [5, 5.41) is 30.7. The van der Waals surface area contributed by atoms with Gasteiger partial charge in [0.1, 0.15) is 12.1 Å². The molecule has 2 heterocycles. The molecule has 0 radical (unpaired) electrons. The smallest absolute Gasteiger partial charge is 0.404 e. The number of hydrogen-bond donors (Lipinski definition) is 7. The number of carboxylic acid groups (broad SMARTS) is 1. The van der Waals surface area contributed by atoms with Gasteiger partial charge in [-0.2, -0.15) is 5.10 Å². The van der Waals surface area contributed by atoms with Crippen molar-refractivity contribution in [2.75, 3.05) is 18.4 Å². The number of fused-ring (bicyclic) bond motifs is 1. The fourth-order valence-corrected chi connectivity index (χ4v) is 6.76. The molecule has 4 aromatic rings. The monoisotopic (exact) mass is 679 g/mol. The molecule has 1 saturated carbocycles. The first-order valence-electron chi connectivity index (χ1n) is 16.9. The molecule has 50 heavy (non-hydrogen) atoms. The fraction of sp³-hybridized carbons (Fsp3) is 0.351. The molecule has 2 fully saturated rings. The number of nitrogens with zero attached hydrogens (tertiary/aromatic N) is 1. The molecule has 0 bridgehead atoms. The van der Waals surface area contributed by atoms with E-state index in [1.807, 2.05) is 43.3 Å². The number of aromatic amines is 1. The van der Waals surface area contributed by atoms with Crippen molar-refractivity contribution < 1.29 is 29.1 Å². The van der Waals surface area contributed by atoms with Crippen molar-refractivity contribution in [2.45, 2.75) is 57.5 Å². The van der Waals surface area contributed by atoms with Gasteiger partial charge in [-0.05, 0) is 97.5 Å². The minimum Gasteiger partial charge on any atom is -0.465 e. The lowest BCUT2D eigenvalue weighted by molar-refractivity contribution is -0.130. The molecule has 1 aromatic heterocycles. The summed E-state index contributed by atoms with van der Waals surface area (Å²) in [7, 11) is 0. The quantitative estimate of drug-likeness (QED) is 0.125. The molecule has 2 aliphatic rings. The second-order valence-corrected chi connectivity index (χ2v) is 13.2. The molecule has 1 saturated heterocycles. The first-order valence-corrected chi connectivity index (χ1v) is 16.9. The molecule has 260 valence electrons. The van der Waals surface area contributed by atoms with Crippen LogP contribution in [0.1, 0.15) is 53.6 Å². The zero-order valence-corrected chi connectivity index (χ0v) is 27.8. The third kappa shape index (κ3) is 8.28. The number of amides is 5. The van der Waals surface area contributed by atoms with Gasteiger partial charge in [0.25, 0.3) is 5.91 Å². The van der Waals surface area contributed by atoms with E-state index in [1.54, 1.807) is 30.5 Å². The summed E-state index contributed by atoms with van der Waals surface area (Å²) < 4.78 is 0. The van der Waals surface area contributed by atoms with Crippen LogP contribution in [0.3, 0.4) is 0 Å². The Labute approximate surface area is 289 Å². The summed E-state index contributed by atoms with van der Waals surface area (Å²) in [5.74, 6) is -1.09. The van der Waals surface area contributed by atoms with Gasteiger partial charge < -0.3 is 31.7 Å². The van der Waals surface area contributed by atoms with E-state index >= 15 is 0 Å². The van der Waals surface area contributed by atoms with Crippen LogP contribution in [-0.2, 0) is 20.8 Å². The average Bonchev–Trinajstić information content (AvgIpc) is 3.75. The summed E-state index contributed by atoms with van der Waals surface area (Å²) in [4.78, 5) is 62.7. The number of anilines is 1.